The second kappa shape index (κ2) is 7.05. The summed E-state index contributed by atoms with van der Waals surface area (Å²) < 4.78 is 0. The van der Waals surface area contributed by atoms with Gasteiger partial charge in [-0.3, -0.25) is 14.5 Å². The molecule has 24 heavy (non-hydrogen) atoms. The van der Waals surface area contributed by atoms with Crippen molar-refractivity contribution in [3.63, 3.8) is 0 Å². The van der Waals surface area contributed by atoms with Crippen LogP contribution in [0.1, 0.15) is 12.5 Å². The fourth-order valence-corrected chi connectivity index (χ4v) is 3.41. The first-order valence-corrected chi connectivity index (χ1v) is 8.33. The summed E-state index contributed by atoms with van der Waals surface area (Å²) in [6.45, 7) is 4.91. The van der Waals surface area contributed by atoms with Crippen LogP contribution in [0.4, 0.5) is 0 Å². The fourth-order valence-electron chi connectivity index (χ4n) is 3.41. The van der Waals surface area contributed by atoms with Gasteiger partial charge in [0.15, 0.2) is 0 Å². The number of hydrogen-bond acceptors (Lipinski definition) is 3. The molecule has 2 aromatic rings. The van der Waals surface area contributed by atoms with E-state index in [1.807, 2.05) is 12.3 Å². The number of aromatic amines is 1. The summed E-state index contributed by atoms with van der Waals surface area (Å²) in [6.07, 6.45) is 1.95. The molecular weight excluding hydrogens is 304 g/mol. The van der Waals surface area contributed by atoms with Crippen molar-refractivity contribution in [1.29, 1.82) is 0 Å². The topological polar surface area (TPSA) is 68.4 Å². The molecule has 1 atom stereocenters. The van der Waals surface area contributed by atoms with Crippen molar-refractivity contribution >= 4 is 22.7 Å². The summed E-state index contributed by atoms with van der Waals surface area (Å²) in [4.78, 5) is 31.2. The van der Waals surface area contributed by atoms with E-state index in [0.717, 1.165) is 18.6 Å². The summed E-state index contributed by atoms with van der Waals surface area (Å²) in [5, 5.41) is 3.93. The summed E-state index contributed by atoms with van der Waals surface area (Å²) in [5.74, 6) is -0.182. The van der Waals surface area contributed by atoms with E-state index >= 15 is 0 Å². The van der Waals surface area contributed by atoms with Gasteiger partial charge in [0.05, 0.1) is 5.92 Å². The lowest BCUT2D eigenvalue weighted by atomic mass is 10.1. The highest BCUT2D eigenvalue weighted by Gasteiger charge is 2.28. The maximum atomic E-state index is 12.2. The Bertz CT molecular complexity index is 739. The van der Waals surface area contributed by atoms with Crippen LogP contribution in [-0.2, 0) is 16.1 Å². The lowest BCUT2D eigenvalue weighted by molar-refractivity contribution is -0.130. The van der Waals surface area contributed by atoms with Gasteiger partial charge in [0.2, 0.25) is 11.8 Å². The number of aromatic nitrogens is 1. The minimum atomic E-state index is -0.202. The van der Waals surface area contributed by atoms with Gasteiger partial charge in [-0.05, 0) is 17.7 Å². The number of hydrogen-bond donors (Lipinski definition) is 2. The van der Waals surface area contributed by atoms with Gasteiger partial charge in [-0.1, -0.05) is 12.1 Å². The zero-order chi connectivity index (χ0) is 17.1. The van der Waals surface area contributed by atoms with Crippen LogP contribution in [0.3, 0.4) is 0 Å². The second-order valence-electron chi connectivity index (χ2n) is 6.37. The van der Waals surface area contributed by atoms with Crippen LogP contribution in [0.25, 0.3) is 10.9 Å². The van der Waals surface area contributed by atoms with Crippen molar-refractivity contribution in [2.75, 3.05) is 33.2 Å². The van der Waals surface area contributed by atoms with Gasteiger partial charge in [-0.25, -0.2) is 0 Å². The highest BCUT2D eigenvalue weighted by Crippen LogP contribution is 2.20. The smallest absolute Gasteiger partial charge is 0.225 e. The van der Waals surface area contributed by atoms with Gasteiger partial charge < -0.3 is 15.2 Å². The van der Waals surface area contributed by atoms with E-state index in [1.54, 1.807) is 18.9 Å². The highest BCUT2D eigenvalue weighted by molar-refractivity contribution is 5.83. The van der Waals surface area contributed by atoms with Crippen LogP contribution in [-0.4, -0.2) is 59.8 Å². The van der Waals surface area contributed by atoms with E-state index in [9.17, 15) is 9.59 Å². The molecule has 0 unspecified atom stereocenters. The minimum Gasteiger partial charge on any atom is -0.361 e. The highest BCUT2D eigenvalue weighted by atomic mass is 16.2. The molecule has 2 N–H and O–H groups in total. The summed E-state index contributed by atoms with van der Waals surface area (Å²) in [6, 6.07) is 8.31. The molecule has 2 amide bonds. The van der Waals surface area contributed by atoms with Crippen molar-refractivity contribution in [2.24, 2.45) is 5.92 Å². The largest absolute Gasteiger partial charge is 0.361 e. The third kappa shape index (κ3) is 3.43. The maximum Gasteiger partial charge on any atom is 0.225 e. The molecule has 6 heteroatoms. The first-order valence-electron chi connectivity index (χ1n) is 8.33. The molecule has 128 valence electrons. The van der Waals surface area contributed by atoms with Gasteiger partial charge in [0.1, 0.15) is 0 Å². The molecule has 1 aliphatic rings. The molecule has 0 aliphatic carbocycles. The van der Waals surface area contributed by atoms with Gasteiger partial charge in [-0.15, -0.1) is 0 Å². The molecule has 1 aromatic heterocycles. The lowest BCUT2D eigenvalue weighted by Gasteiger charge is -2.23. The first-order chi connectivity index (χ1) is 11.6. The Balaban J connectivity index is 1.80. The van der Waals surface area contributed by atoms with E-state index in [4.69, 9.17) is 0 Å². The average molecular weight is 328 g/mol. The van der Waals surface area contributed by atoms with Crippen molar-refractivity contribution in [3.05, 3.63) is 36.0 Å². The Hall–Kier alpha value is -2.34. The van der Waals surface area contributed by atoms with Crippen molar-refractivity contribution < 1.29 is 9.59 Å². The number of nitrogens with zero attached hydrogens (tertiary/aromatic N) is 2. The zero-order valence-corrected chi connectivity index (χ0v) is 14.2. The predicted molar refractivity (Wildman–Crippen MR) is 93.4 cm³/mol. The zero-order valence-electron chi connectivity index (χ0n) is 14.2. The molecule has 0 radical (unpaired) electrons. The number of nitrogens with one attached hydrogen (secondary N) is 2. The lowest BCUT2D eigenvalue weighted by Crippen LogP contribution is -2.40. The van der Waals surface area contributed by atoms with Crippen LogP contribution in [0.2, 0.25) is 0 Å². The molecule has 1 fully saturated rings. The number of benzene rings is 1. The monoisotopic (exact) mass is 328 g/mol. The number of rotatable bonds is 3. The molecule has 1 aromatic carbocycles. The van der Waals surface area contributed by atoms with Crippen LogP contribution < -0.4 is 5.32 Å². The molecular formula is C18H24N4O2. The summed E-state index contributed by atoms with van der Waals surface area (Å²) in [7, 11) is 1.65. The Morgan fingerprint density at radius 1 is 1.25 bits per heavy atom. The van der Waals surface area contributed by atoms with Crippen molar-refractivity contribution in [1.82, 2.24) is 20.1 Å². The predicted octanol–water partition coefficient (Wildman–Crippen LogP) is 1.19. The van der Waals surface area contributed by atoms with Crippen LogP contribution in [0, 0.1) is 5.92 Å². The van der Waals surface area contributed by atoms with Crippen molar-refractivity contribution in [3.8, 4) is 0 Å². The second-order valence-corrected chi connectivity index (χ2v) is 6.37. The number of H-pyrrole nitrogens is 1. The van der Waals surface area contributed by atoms with Crippen LogP contribution in [0.5, 0.6) is 0 Å². The number of carbonyl (C=O) groups is 2. The third-order valence-electron chi connectivity index (χ3n) is 4.75. The molecule has 3 rings (SSSR count). The molecule has 0 saturated carbocycles. The number of fused-ring (bicyclic) bond motifs is 1. The standard InChI is InChI=1S/C18H24N4O2/c1-13(23)22-9-8-21(11-15(12-22)18(24)19-2)10-14-4-3-5-17-16(14)6-7-20-17/h3-7,15,20H,8-12H2,1-2H3,(H,19,24)/t15-/m1/s1. The first kappa shape index (κ1) is 16.5. The fraction of sp³-hybridized carbons (Fsp3) is 0.444. The molecule has 0 spiro atoms. The van der Waals surface area contributed by atoms with Crippen molar-refractivity contribution in [2.45, 2.75) is 13.5 Å². The molecule has 1 saturated heterocycles. The normalized spacial score (nSPS) is 19.2. The minimum absolute atomic E-state index is 0.00648. The van der Waals surface area contributed by atoms with E-state index in [0.29, 0.717) is 19.6 Å². The average Bonchev–Trinajstić information content (AvgIpc) is 2.95. The molecule has 6 nitrogen and oxygen atoms in total. The van der Waals surface area contributed by atoms with E-state index < -0.39 is 0 Å². The summed E-state index contributed by atoms with van der Waals surface area (Å²) in [5.41, 5.74) is 2.36. The Morgan fingerprint density at radius 3 is 2.83 bits per heavy atom. The molecule has 1 aliphatic heterocycles. The van der Waals surface area contributed by atoms with E-state index in [1.165, 1.54) is 10.9 Å². The third-order valence-corrected chi connectivity index (χ3v) is 4.75. The quantitative estimate of drug-likeness (QED) is 0.889. The molecule has 0 bridgehead atoms. The van der Waals surface area contributed by atoms with Gasteiger partial charge in [0, 0.05) is 63.8 Å². The molecule has 2 heterocycles. The van der Waals surface area contributed by atoms with E-state index in [-0.39, 0.29) is 17.7 Å². The van der Waals surface area contributed by atoms with Gasteiger partial charge >= 0.3 is 0 Å². The Labute approximate surface area is 141 Å². The Kier molecular flexibility index (Phi) is 4.85. The number of carbonyl (C=O) groups excluding carboxylic acids is 2. The van der Waals surface area contributed by atoms with Crippen LogP contribution in [0.15, 0.2) is 30.5 Å². The number of amides is 2. The summed E-state index contributed by atoms with van der Waals surface area (Å²) >= 11 is 0. The van der Waals surface area contributed by atoms with Crippen LogP contribution >= 0.6 is 0 Å². The maximum absolute atomic E-state index is 12.2. The van der Waals surface area contributed by atoms with Gasteiger partial charge in [-0.2, -0.15) is 0 Å². The van der Waals surface area contributed by atoms with E-state index in [2.05, 4.69) is 33.4 Å². The Morgan fingerprint density at radius 2 is 2.08 bits per heavy atom. The SMILES string of the molecule is CNC(=O)[C@@H]1CN(Cc2cccc3[nH]ccc23)CCN(C(C)=O)C1. The van der Waals surface area contributed by atoms with Gasteiger partial charge in [0.25, 0.3) is 0 Å².